The first-order chi connectivity index (χ1) is 9.11. The molecule has 2 rings (SSSR count). The molecule has 0 saturated carbocycles. The van der Waals surface area contributed by atoms with Crippen molar-refractivity contribution in [2.45, 2.75) is 12.8 Å². The fourth-order valence-electron chi connectivity index (χ4n) is 2.04. The van der Waals surface area contributed by atoms with Crippen LogP contribution in [0.5, 0.6) is 0 Å². The zero-order valence-corrected chi connectivity index (χ0v) is 11.9. The summed E-state index contributed by atoms with van der Waals surface area (Å²) in [7, 11) is 0. The smallest absolute Gasteiger partial charge is 0.0658 e. The van der Waals surface area contributed by atoms with Gasteiger partial charge in [0.2, 0.25) is 0 Å². The summed E-state index contributed by atoms with van der Waals surface area (Å²) in [5.74, 6) is -0.112. The highest BCUT2D eigenvalue weighted by Gasteiger charge is 2.18. The molecular weight excluding hydrogens is 281 g/mol. The minimum Gasteiger partial charge on any atom is -0.411 e. The average molecular weight is 294 g/mol. The van der Waals surface area contributed by atoms with Gasteiger partial charge in [-0.05, 0) is 42.3 Å². The number of halogens is 2. The van der Waals surface area contributed by atoms with Crippen LogP contribution in [0.1, 0.15) is 24.0 Å². The molecule has 98 valence electrons. The molecule has 0 aliphatic rings. The Labute approximate surface area is 122 Å². The van der Waals surface area contributed by atoms with E-state index in [4.69, 9.17) is 28.4 Å². The molecule has 0 aromatic heterocycles. The van der Waals surface area contributed by atoms with E-state index in [1.165, 1.54) is 0 Å². The second kappa shape index (κ2) is 6.09. The van der Waals surface area contributed by atoms with Crippen molar-refractivity contribution in [2.75, 3.05) is 0 Å². The summed E-state index contributed by atoms with van der Waals surface area (Å²) < 4.78 is 0. The minimum atomic E-state index is -0.112. The van der Waals surface area contributed by atoms with Crippen LogP contribution in [0.25, 0.3) is 0 Å². The molecule has 0 bridgehead atoms. The molecule has 0 unspecified atom stereocenters. The lowest BCUT2D eigenvalue weighted by Crippen LogP contribution is -2.11. The lowest BCUT2D eigenvalue weighted by molar-refractivity contribution is 0.317. The van der Waals surface area contributed by atoms with Gasteiger partial charge in [0, 0.05) is 10.0 Å². The minimum absolute atomic E-state index is 0.112. The van der Waals surface area contributed by atoms with Crippen LogP contribution in [0.2, 0.25) is 10.0 Å². The molecule has 0 heterocycles. The molecule has 0 fully saturated rings. The summed E-state index contributed by atoms with van der Waals surface area (Å²) in [6.07, 6.45) is 0. The molecule has 0 radical (unpaired) electrons. The van der Waals surface area contributed by atoms with Gasteiger partial charge in [0.05, 0.1) is 11.6 Å². The van der Waals surface area contributed by atoms with Gasteiger partial charge in [-0.1, -0.05) is 52.6 Å². The first kappa shape index (κ1) is 13.9. The van der Waals surface area contributed by atoms with Crippen molar-refractivity contribution in [1.82, 2.24) is 0 Å². The Hall–Kier alpha value is -1.51. The molecule has 19 heavy (non-hydrogen) atoms. The number of nitrogens with zero attached hydrogens (tertiary/aromatic N) is 1. The van der Waals surface area contributed by atoms with E-state index in [0.717, 1.165) is 11.1 Å². The zero-order chi connectivity index (χ0) is 13.8. The number of benzene rings is 2. The van der Waals surface area contributed by atoms with Crippen LogP contribution in [0, 0.1) is 0 Å². The number of hydrogen-bond acceptors (Lipinski definition) is 2. The van der Waals surface area contributed by atoms with E-state index in [1.807, 2.05) is 48.5 Å². The highest BCUT2D eigenvalue weighted by molar-refractivity contribution is 6.30. The third-order valence-corrected chi connectivity index (χ3v) is 3.49. The third-order valence-electron chi connectivity index (χ3n) is 2.98. The van der Waals surface area contributed by atoms with Crippen LogP contribution in [0.15, 0.2) is 53.7 Å². The summed E-state index contributed by atoms with van der Waals surface area (Å²) in [6.45, 7) is 1.79. The van der Waals surface area contributed by atoms with Crippen molar-refractivity contribution in [3.8, 4) is 0 Å². The van der Waals surface area contributed by atoms with Gasteiger partial charge in [-0.15, -0.1) is 0 Å². The van der Waals surface area contributed by atoms with Gasteiger partial charge in [0.25, 0.3) is 0 Å². The van der Waals surface area contributed by atoms with Gasteiger partial charge in [0.15, 0.2) is 0 Å². The average Bonchev–Trinajstić information content (AvgIpc) is 2.43. The highest BCUT2D eigenvalue weighted by Crippen LogP contribution is 2.28. The molecule has 0 atom stereocenters. The van der Waals surface area contributed by atoms with E-state index in [1.54, 1.807) is 6.92 Å². The number of hydrogen-bond donors (Lipinski definition) is 1. The molecule has 0 spiro atoms. The Morgan fingerprint density at radius 3 is 1.58 bits per heavy atom. The molecule has 1 N–H and O–H groups in total. The first-order valence-electron chi connectivity index (χ1n) is 5.81. The van der Waals surface area contributed by atoms with Crippen molar-refractivity contribution >= 4 is 28.9 Å². The first-order valence-corrected chi connectivity index (χ1v) is 6.57. The maximum Gasteiger partial charge on any atom is 0.0658 e. The van der Waals surface area contributed by atoms with Gasteiger partial charge in [0.1, 0.15) is 0 Å². The molecule has 0 amide bonds. The predicted octanol–water partition coefficient (Wildman–Crippen LogP) is 4.98. The van der Waals surface area contributed by atoms with Crippen molar-refractivity contribution < 1.29 is 5.21 Å². The van der Waals surface area contributed by atoms with E-state index >= 15 is 0 Å². The maximum atomic E-state index is 9.07. The van der Waals surface area contributed by atoms with Crippen LogP contribution in [0.3, 0.4) is 0 Å². The van der Waals surface area contributed by atoms with Gasteiger partial charge in [-0.2, -0.15) is 0 Å². The predicted molar refractivity (Wildman–Crippen MR) is 79.6 cm³/mol. The summed E-state index contributed by atoms with van der Waals surface area (Å²) in [5.41, 5.74) is 2.65. The van der Waals surface area contributed by atoms with Crippen LogP contribution in [0.4, 0.5) is 0 Å². The normalized spacial score (nSPS) is 11.9. The van der Waals surface area contributed by atoms with E-state index in [0.29, 0.717) is 15.8 Å². The van der Waals surface area contributed by atoms with Gasteiger partial charge in [-0.25, -0.2) is 0 Å². The van der Waals surface area contributed by atoms with Crippen molar-refractivity contribution in [1.29, 1.82) is 0 Å². The summed E-state index contributed by atoms with van der Waals surface area (Å²) in [4.78, 5) is 0. The largest absolute Gasteiger partial charge is 0.411 e. The SMILES string of the molecule is CC(=NO)C(c1ccc(Cl)cc1)c1ccc(Cl)cc1. The fraction of sp³-hybridized carbons (Fsp3) is 0.133. The zero-order valence-electron chi connectivity index (χ0n) is 10.3. The fourth-order valence-corrected chi connectivity index (χ4v) is 2.30. The number of rotatable bonds is 3. The quantitative estimate of drug-likeness (QED) is 0.483. The van der Waals surface area contributed by atoms with Gasteiger partial charge >= 0.3 is 0 Å². The topological polar surface area (TPSA) is 32.6 Å². The third kappa shape index (κ3) is 3.28. The van der Waals surface area contributed by atoms with Gasteiger partial charge < -0.3 is 5.21 Å². The van der Waals surface area contributed by atoms with Crippen LogP contribution in [-0.4, -0.2) is 10.9 Å². The van der Waals surface area contributed by atoms with Crippen LogP contribution >= 0.6 is 23.2 Å². The Kier molecular flexibility index (Phi) is 4.46. The van der Waals surface area contributed by atoms with Gasteiger partial charge in [-0.3, -0.25) is 0 Å². The van der Waals surface area contributed by atoms with Crippen molar-refractivity contribution in [2.24, 2.45) is 5.16 Å². The molecule has 0 aliphatic carbocycles. The summed E-state index contributed by atoms with van der Waals surface area (Å²) >= 11 is 11.8. The van der Waals surface area contributed by atoms with E-state index in [9.17, 15) is 0 Å². The molecule has 0 saturated heterocycles. The van der Waals surface area contributed by atoms with E-state index < -0.39 is 0 Å². The second-order valence-corrected chi connectivity index (χ2v) is 5.15. The summed E-state index contributed by atoms with van der Waals surface area (Å²) in [5, 5.41) is 13.8. The molecule has 4 heteroatoms. The molecule has 0 aliphatic heterocycles. The molecule has 2 aromatic rings. The monoisotopic (exact) mass is 293 g/mol. The standard InChI is InChI=1S/C15H13Cl2NO/c1-10(18-19)15(11-2-6-13(16)7-3-11)12-4-8-14(17)9-5-12/h2-9,15,19H,1H3. The van der Waals surface area contributed by atoms with E-state index in [2.05, 4.69) is 5.16 Å². The van der Waals surface area contributed by atoms with Crippen molar-refractivity contribution in [3.63, 3.8) is 0 Å². The highest BCUT2D eigenvalue weighted by atomic mass is 35.5. The van der Waals surface area contributed by atoms with Crippen LogP contribution in [-0.2, 0) is 0 Å². The Morgan fingerprint density at radius 2 is 1.26 bits per heavy atom. The molecular formula is C15H13Cl2NO. The second-order valence-electron chi connectivity index (χ2n) is 4.28. The summed E-state index contributed by atoms with van der Waals surface area (Å²) in [6, 6.07) is 15.0. The molecule has 2 aromatic carbocycles. The molecule has 2 nitrogen and oxygen atoms in total. The maximum absolute atomic E-state index is 9.07. The number of oxime groups is 1. The van der Waals surface area contributed by atoms with E-state index in [-0.39, 0.29) is 5.92 Å². The van der Waals surface area contributed by atoms with Crippen molar-refractivity contribution in [3.05, 3.63) is 69.7 Å². The Balaban J connectivity index is 2.47. The lowest BCUT2D eigenvalue weighted by Gasteiger charge is -2.17. The van der Waals surface area contributed by atoms with Crippen LogP contribution < -0.4 is 0 Å². The lowest BCUT2D eigenvalue weighted by atomic mass is 9.88. The Bertz CT molecular complexity index is 531. The Morgan fingerprint density at radius 1 is 0.895 bits per heavy atom.